The van der Waals surface area contributed by atoms with Crippen molar-refractivity contribution >= 4 is 6.09 Å². The minimum Gasteiger partial charge on any atom is -0.489 e. The molecule has 80 valence electrons. The van der Waals surface area contributed by atoms with Crippen LogP contribution in [0.4, 0.5) is 4.79 Å². The average Bonchev–Trinajstić information content (AvgIpc) is 2.22. The van der Waals surface area contributed by atoms with E-state index < -0.39 is 6.09 Å². The second-order valence-corrected chi connectivity index (χ2v) is 2.39. The molecule has 0 radical (unpaired) electrons. The molecule has 0 aromatic heterocycles. The van der Waals surface area contributed by atoms with Crippen LogP contribution in [0.2, 0.25) is 0 Å². The summed E-state index contributed by atoms with van der Waals surface area (Å²) < 4.78 is 9.82. The van der Waals surface area contributed by atoms with E-state index in [-0.39, 0.29) is 13.2 Å². The maximum absolute atomic E-state index is 10.6. The van der Waals surface area contributed by atoms with Crippen molar-refractivity contribution in [3.8, 4) is 0 Å². The highest BCUT2D eigenvalue weighted by Gasteiger charge is 2.00. The van der Waals surface area contributed by atoms with E-state index in [9.17, 15) is 4.79 Å². The molecule has 1 amide bonds. The van der Waals surface area contributed by atoms with Gasteiger partial charge in [0.2, 0.25) is 0 Å². The number of likely N-dealkylation sites (N-methyl/N-ethyl adjacent to an activating group) is 1. The first kappa shape index (κ1) is 12.3. The first-order chi connectivity index (χ1) is 6.61. The first-order valence-corrected chi connectivity index (χ1v) is 4.15. The van der Waals surface area contributed by atoms with Gasteiger partial charge in [-0.1, -0.05) is 13.2 Å². The van der Waals surface area contributed by atoms with Crippen molar-refractivity contribution in [2.45, 2.75) is 0 Å². The fraction of sp³-hybridized carbons (Fsp3) is 0.444. The van der Waals surface area contributed by atoms with Crippen LogP contribution in [0.5, 0.6) is 0 Å². The number of hydrogen-bond acceptors (Lipinski definition) is 4. The van der Waals surface area contributed by atoms with Crippen molar-refractivity contribution in [1.29, 1.82) is 0 Å². The standard InChI is InChI=1S/C9H16N2O3/c1-7(10-3)8(2)13-5-6-14-9(12)11-4/h10H,1-2,5-6H2,3-4H3,(H,11,12). The van der Waals surface area contributed by atoms with Crippen molar-refractivity contribution in [2.75, 3.05) is 27.3 Å². The molecule has 0 rings (SSSR count). The topological polar surface area (TPSA) is 59.6 Å². The highest BCUT2D eigenvalue weighted by molar-refractivity contribution is 5.66. The van der Waals surface area contributed by atoms with Gasteiger partial charge in [0.25, 0.3) is 0 Å². The van der Waals surface area contributed by atoms with Crippen LogP contribution in [0.15, 0.2) is 24.6 Å². The van der Waals surface area contributed by atoms with Crippen molar-refractivity contribution in [3.63, 3.8) is 0 Å². The summed E-state index contributed by atoms with van der Waals surface area (Å²) in [5.74, 6) is 0.438. The van der Waals surface area contributed by atoms with E-state index in [2.05, 4.69) is 28.5 Å². The van der Waals surface area contributed by atoms with Crippen LogP contribution in [0.3, 0.4) is 0 Å². The van der Waals surface area contributed by atoms with Crippen molar-refractivity contribution < 1.29 is 14.3 Å². The molecule has 0 heterocycles. The lowest BCUT2D eigenvalue weighted by atomic mass is 10.4. The maximum atomic E-state index is 10.6. The molecule has 0 unspecified atom stereocenters. The Hall–Kier alpha value is -1.65. The number of hydrogen-bond donors (Lipinski definition) is 2. The van der Waals surface area contributed by atoms with Gasteiger partial charge in [0.1, 0.15) is 19.0 Å². The number of nitrogens with one attached hydrogen (secondary N) is 2. The molecular weight excluding hydrogens is 184 g/mol. The van der Waals surface area contributed by atoms with Gasteiger partial charge in [-0.15, -0.1) is 0 Å². The Morgan fingerprint density at radius 3 is 2.21 bits per heavy atom. The third kappa shape index (κ3) is 5.08. The quantitative estimate of drug-likeness (QED) is 0.374. The van der Waals surface area contributed by atoms with Gasteiger partial charge in [-0.2, -0.15) is 0 Å². The van der Waals surface area contributed by atoms with Crippen molar-refractivity contribution in [2.24, 2.45) is 0 Å². The van der Waals surface area contributed by atoms with Gasteiger partial charge in [-0.25, -0.2) is 4.79 Å². The summed E-state index contributed by atoms with van der Waals surface area (Å²) in [6, 6.07) is 0. The van der Waals surface area contributed by atoms with Crippen LogP contribution >= 0.6 is 0 Å². The summed E-state index contributed by atoms with van der Waals surface area (Å²) >= 11 is 0. The SMILES string of the molecule is C=C(NC)C(=C)OCCOC(=O)NC. The molecule has 0 bridgehead atoms. The largest absolute Gasteiger partial charge is 0.489 e. The highest BCUT2D eigenvalue weighted by Crippen LogP contribution is 2.01. The molecule has 0 atom stereocenters. The second-order valence-electron chi connectivity index (χ2n) is 2.39. The van der Waals surface area contributed by atoms with E-state index in [1.807, 2.05) is 0 Å². The number of ether oxygens (including phenoxy) is 2. The van der Waals surface area contributed by atoms with Gasteiger partial charge in [-0.3, -0.25) is 0 Å². The van der Waals surface area contributed by atoms with Crippen molar-refractivity contribution in [1.82, 2.24) is 10.6 Å². The average molecular weight is 200 g/mol. The Morgan fingerprint density at radius 1 is 1.14 bits per heavy atom. The third-order valence-electron chi connectivity index (χ3n) is 1.44. The lowest BCUT2D eigenvalue weighted by molar-refractivity contribution is 0.107. The highest BCUT2D eigenvalue weighted by atomic mass is 16.6. The summed E-state index contributed by atoms with van der Waals surface area (Å²) in [5, 5.41) is 5.10. The fourth-order valence-electron chi connectivity index (χ4n) is 0.598. The number of amides is 1. The maximum Gasteiger partial charge on any atom is 0.406 e. The smallest absolute Gasteiger partial charge is 0.406 e. The van der Waals surface area contributed by atoms with Gasteiger partial charge in [0.05, 0.1) is 5.70 Å². The van der Waals surface area contributed by atoms with Gasteiger partial charge in [0, 0.05) is 14.1 Å². The minimum absolute atomic E-state index is 0.176. The number of carbonyl (C=O) groups is 1. The van der Waals surface area contributed by atoms with Gasteiger partial charge >= 0.3 is 6.09 Å². The number of alkyl carbamates (subject to hydrolysis) is 1. The van der Waals surface area contributed by atoms with Crippen LogP contribution in [0.1, 0.15) is 0 Å². The monoisotopic (exact) mass is 200 g/mol. The Kier molecular flexibility index (Phi) is 6.02. The Balaban J connectivity index is 3.50. The Morgan fingerprint density at radius 2 is 1.71 bits per heavy atom. The van der Waals surface area contributed by atoms with E-state index >= 15 is 0 Å². The van der Waals surface area contributed by atoms with Gasteiger partial charge in [-0.05, 0) is 0 Å². The molecule has 0 saturated carbocycles. The zero-order valence-corrected chi connectivity index (χ0v) is 8.55. The van der Waals surface area contributed by atoms with Crippen LogP contribution in [0.25, 0.3) is 0 Å². The summed E-state index contributed by atoms with van der Waals surface area (Å²) in [6.07, 6.45) is -0.480. The summed E-state index contributed by atoms with van der Waals surface area (Å²) in [6.45, 7) is 7.70. The molecule has 14 heavy (non-hydrogen) atoms. The van der Waals surface area contributed by atoms with Gasteiger partial charge < -0.3 is 20.1 Å². The number of rotatable bonds is 6. The lowest BCUT2D eigenvalue weighted by Crippen LogP contribution is -2.21. The second kappa shape index (κ2) is 6.82. The predicted molar refractivity (Wildman–Crippen MR) is 53.7 cm³/mol. The van der Waals surface area contributed by atoms with Crippen LogP contribution < -0.4 is 10.6 Å². The minimum atomic E-state index is -0.480. The Labute approximate surface area is 83.8 Å². The van der Waals surface area contributed by atoms with Crippen molar-refractivity contribution in [3.05, 3.63) is 24.6 Å². The molecule has 5 nitrogen and oxygen atoms in total. The molecule has 0 aromatic carbocycles. The molecule has 0 aliphatic heterocycles. The summed E-state index contributed by atoms with van der Waals surface area (Å²) in [7, 11) is 3.21. The van der Waals surface area contributed by atoms with Crippen LogP contribution in [-0.4, -0.2) is 33.4 Å². The predicted octanol–water partition coefficient (Wildman–Crippen LogP) is 0.606. The molecule has 0 fully saturated rings. The number of carbonyl (C=O) groups excluding carboxylic acids is 1. The van der Waals surface area contributed by atoms with Crippen LogP contribution in [0, 0.1) is 0 Å². The van der Waals surface area contributed by atoms with Gasteiger partial charge in [0.15, 0.2) is 0 Å². The molecule has 0 aromatic rings. The summed E-state index contributed by atoms with van der Waals surface area (Å²) in [5.41, 5.74) is 0.602. The zero-order valence-electron chi connectivity index (χ0n) is 8.55. The molecule has 0 spiro atoms. The normalized spacial score (nSPS) is 8.71. The fourth-order valence-corrected chi connectivity index (χ4v) is 0.598. The summed E-state index contributed by atoms with van der Waals surface area (Å²) in [4.78, 5) is 10.6. The van der Waals surface area contributed by atoms with E-state index in [0.29, 0.717) is 11.5 Å². The van der Waals surface area contributed by atoms with E-state index in [0.717, 1.165) is 0 Å². The molecule has 2 N–H and O–H groups in total. The molecule has 5 heteroatoms. The zero-order chi connectivity index (χ0) is 11.0. The lowest BCUT2D eigenvalue weighted by Gasteiger charge is -2.10. The molecule has 0 saturated heterocycles. The van der Waals surface area contributed by atoms with E-state index in [1.165, 1.54) is 7.05 Å². The first-order valence-electron chi connectivity index (χ1n) is 4.15. The third-order valence-corrected chi connectivity index (χ3v) is 1.44. The molecule has 0 aliphatic rings. The van der Waals surface area contributed by atoms with Crippen LogP contribution in [-0.2, 0) is 9.47 Å². The molecule has 0 aliphatic carbocycles. The van der Waals surface area contributed by atoms with E-state index in [1.54, 1.807) is 7.05 Å². The van der Waals surface area contributed by atoms with E-state index in [4.69, 9.17) is 4.74 Å². The molecular formula is C9H16N2O3. The Bertz CT molecular complexity index is 226.